The summed E-state index contributed by atoms with van der Waals surface area (Å²) in [4.78, 5) is 11.4. The van der Waals surface area contributed by atoms with Crippen LogP contribution in [-0.2, 0) is 11.3 Å². The number of benzene rings is 1. The minimum Gasteiger partial charge on any atom is -0.494 e. The third-order valence-corrected chi connectivity index (χ3v) is 2.14. The zero-order chi connectivity index (χ0) is 14.3. The van der Waals surface area contributed by atoms with E-state index in [1.807, 2.05) is 52.0 Å². The molecule has 2 N–H and O–H groups in total. The van der Waals surface area contributed by atoms with Gasteiger partial charge in [0.25, 0.3) is 0 Å². The molecule has 0 aliphatic rings. The summed E-state index contributed by atoms with van der Waals surface area (Å²) in [6.45, 7) is 8.46. The zero-order valence-corrected chi connectivity index (χ0v) is 11.9. The molecule has 1 amide bonds. The van der Waals surface area contributed by atoms with Crippen molar-refractivity contribution < 1.29 is 14.3 Å². The monoisotopic (exact) mass is 266 g/mol. The van der Waals surface area contributed by atoms with Gasteiger partial charge in [0.2, 0.25) is 0 Å². The predicted molar refractivity (Wildman–Crippen MR) is 73.8 cm³/mol. The fraction of sp³-hybridized carbons (Fsp3) is 0.500. The lowest BCUT2D eigenvalue weighted by molar-refractivity contribution is 0.0496. The Balaban J connectivity index is 2.43. The molecule has 1 aromatic carbocycles. The van der Waals surface area contributed by atoms with Crippen LogP contribution in [0.2, 0.25) is 0 Å². The van der Waals surface area contributed by atoms with Crippen LogP contribution in [0.4, 0.5) is 4.79 Å². The molecule has 0 unspecified atom stereocenters. The summed E-state index contributed by atoms with van der Waals surface area (Å²) in [7, 11) is 0. The average Bonchev–Trinajstić information content (AvgIpc) is 2.29. The molecule has 5 nitrogen and oxygen atoms in total. The number of hydrogen-bond donors (Lipinski definition) is 2. The Labute approximate surface area is 114 Å². The van der Waals surface area contributed by atoms with Crippen LogP contribution in [0.3, 0.4) is 0 Å². The van der Waals surface area contributed by atoms with Crippen molar-refractivity contribution in [3.63, 3.8) is 0 Å². The molecule has 0 atom stereocenters. The van der Waals surface area contributed by atoms with Crippen molar-refractivity contribution in [3.05, 3.63) is 29.8 Å². The highest BCUT2D eigenvalue weighted by atomic mass is 16.6. The zero-order valence-electron chi connectivity index (χ0n) is 11.9. The second kappa shape index (κ2) is 6.99. The molecule has 0 aromatic heterocycles. The quantitative estimate of drug-likeness (QED) is 0.804. The van der Waals surface area contributed by atoms with E-state index in [1.54, 1.807) is 0 Å². The van der Waals surface area contributed by atoms with E-state index in [2.05, 4.69) is 10.9 Å². The maximum Gasteiger partial charge on any atom is 0.422 e. The van der Waals surface area contributed by atoms with Crippen molar-refractivity contribution in [1.29, 1.82) is 0 Å². The topological polar surface area (TPSA) is 59.6 Å². The predicted octanol–water partition coefficient (Wildman–Crippen LogP) is 2.61. The molecule has 0 spiro atoms. The number of carbonyl (C=O) groups is 1. The Kier molecular flexibility index (Phi) is 5.63. The van der Waals surface area contributed by atoms with E-state index in [4.69, 9.17) is 9.47 Å². The number of para-hydroxylation sites is 1. The number of carbonyl (C=O) groups excluding carboxylic acids is 1. The summed E-state index contributed by atoms with van der Waals surface area (Å²) in [6.07, 6.45) is -0.499. The van der Waals surface area contributed by atoms with Crippen molar-refractivity contribution in [1.82, 2.24) is 10.9 Å². The van der Waals surface area contributed by atoms with E-state index in [9.17, 15) is 4.79 Å². The lowest BCUT2D eigenvalue weighted by Gasteiger charge is -2.20. The summed E-state index contributed by atoms with van der Waals surface area (Å²) >= 11 is 0. The van der Waals surface area contributed by atoms with Crippen LogP contribution in [0, 0.1) is 0 Å². The number of hydrogen-bond acceptors (Lipinski definition) is 4. The van der Waals surface area contributed by atoms with Gasteiger partial charge in [0.1, 0.15) is 11.4 Å². The normalized spacial score (nSPS) is 10.9. The molecular weight excluding hydrogens is 244 g/mol. The van der Waals surface area contributed by atoms with Gasteiger partial charge in [-0.2, -0.15) is 0 Å². The number of hydrazine groups is 1. The molecule has 0 bridgehead atoms. The van der Waals surface area contributed by atoms with Crippen LogP contribution in [0.25, 0.3) is 0 Å². The van der Waals surface area contributed by atoms with Crippen molar-refractivity contribution in [2.75, 3.05) is 6.61 Å². The van der Waals surface area contributed by atoms with Gasteiger partial charge < -0.3 is 9.47 Å². The summed E-state index contributed by atoms with van der Waals surface area (Å²) in [5.74, 6) is 0.809. The highest BCUT2D eigenvalue weighted by Gasteiger charge is 2.15. The minimum atomic E-state index is -0.505. The molecule has 0 fully saturated rings. The molecule has 0 aliphatic heterocycles. The summed E-state index contributed by atoms with van der Waals surface area (Å²) in [6, 6.07) is 7.67. The second-order valence-corrected chi connectivity index (χ2v) is 5.02. The van der Waals surface area contributed by atoms with Crippen LogP contribution in [0.1, 0.15) is 33.3 Å². The van der Waals surface area contributed by atoms with Crippen LogP contribution in [0.15, 0.2) is 24.3 Å². The third-order valence-electron chi connectivity index (χ3n) is 2.14. The summed E-state index contributed by atoms with van der Waals surface area (Å²) in [5.41, 5.74) is 5.78. The van der Waals surface area contributed by atoms with Crippen LogP contribution < -0.4 is 15.6 Å². The average molecular weight is 266 g/mol. The molecule has 19 heavy (non-hydrogen) atoms. The maximum absolute atomic E-state index is 11.4. The van der Waals surface area contributed by atoms with Crippen molar-refractivity contribution in [2.45, 2.75) is 39.8 Å². The molecular formula is C14H22N2O3. The van der Waals surface area contributed by atoms with Gasteiger partial charge in [-0.3, -0.25) is 5.43 Å². The van der Waals surface area contributed by atoms with Gasteiger partial charge >= 0.3 is 6.09 Å². The van der Waals surface area contributed by atoms with Gasteiger partial charge in [-0.05, 0) is 33.8 Å². The molecule has 0 saturated heterocycles. The first-order valence-corrected chi connectivity index (χ1v) is 6.35. The van der Waals surface area contributed by atoms with Crippen LogP contribution in [0.5, 0.6) is 5.75 Å². The van der Waals surface area contributed by atoms with Gasteiger partial charge in [-0.15, -0.1) is 0 Å². The van der Waals surface area contributed by atoms with E-state index in [0.29, 0.717) is 13.2 Å². The first-order chi connectivity index (χ1) is 8.92. The highest BCUT2D eigenvalue weighted by molar-refractivity contribution is 5.67. The Morgan fingerprint density at radius 2 is 1.95 bits per heavy atom. The molecule has 0 radical (unpaired) electrons. The van der Waals surface area contributed by atoms with Crippen molar-refractivity contribution in [3.8, 4) is 5.75 Å². The van der Waals surface area contributed by atoms with E-state index in [-0.39, 0.29) is 0 Å². The van der Waals surface area contributed by atoms with E-state index >= 15 is 0 Å². The maximum atomic E-state index is 11.4. The fourth-order valence-corrected chi connectivity index (χ4v) is 1.46. The van der Waals surface area contributed by atoms with Gasteiger partial charge in [-0.25, -0.2) is 10.2 Å². The summed E-state index contributed by atoms with van der Waals surface area (Å²) in [5, 5.41) is 0. The first-order valence-electron chi connectivity index (χ1n) is 6.35. The van der Waals surface area contributed by atoms with Gasteiger partial charge in [0.15, 0.2) is 0 Å². The van der Waals surface area contributed by atoms with E-state index < -0.39 is 11.7 Å². The van der Waals surface area contributed by atoms with Crippen molar-refractivity contribution in [2.24, 2.45) is 0 Å². The lowest BCUT2D eigenvalue weighted by atomic mass is 10.2. The number of ether oxygens (including phenoxy) is 2. The number of nitrogens with one attached hydrogen (secondary N) is 2. The Hall–Kier alpha value is -1.75. The summed E-state index contributed by atoms with van der Waals surface area (Å²) < 4.78 is 10.6. The Morgan fingerprint density at radius 3 is 2.58 bits per heavy atom. The van der Waals surface area contributed by atoms with E-state index in [0.717, 1.165) is 11.3 Å². The largest absolute Gasteiger partial charge is 0.494 e. The second-order valence-electron chi connectivity index (χ2n) is 5.02. The molecule has 5 heteroatoms. The fourth-order valence-electron chi connectivity index (χ4n) is 1.46. The molecule has 0 saturated carbocycles. The number of amides is 1. The molecule has 0 heterocycles. The van der Waals surface area contributed by atoms with Gasteiger partial charge in [0, 0.05) is 12.1 Å². The number of rotatable bonds is 5. The third kappa shape index (κ3) is 6.10. The Morgan fingerprint density at radius 1 is 1.26 bits per heavy atom. The highest BCUT2D eigenvalue weighted by Crippen LogP contribution is 2.17. The van der Waals surface area contributed by atoms with Crippen LogP contribution >= 0.6 is 0 Å². The molecule has 1 rings (SSSR count). The molecule has 1 aromatic rings. The molecule has 106 valence electrons. The standard InChI is InChI=1S/C14H22N2O3/c1-5-18-12-9-7-6-8-11(12)10-15-16-13(17)19-14(2,3)4/h6-9,15H,5,10H2,1-4H3,(H,16,17). The Bertz CT molecular complexity index is 413. The lowest BCUT2D eigenvalue weighted by Crippen LogP contribution is -2.40. The van der Waals surface area contributed by atoms with Crippen molar-refractivity contribution >= 4 is 6.09 Å². The van der Waals surface area contributed by atoms with Crippen LogP contribution in [-0.4, -0.2) is 18.3 Å². The van der Waals surface area contributed by atoms with Gasteiger partial charge in [-0.1, -0.05) is 18.2 Å². The van der Waals surface area contributed by atoms with E-state index in [1.165, 1.54) is 0 Å². The molecule has 0 aliphatic carbocycles. The smallest absolute Gasteiger partial charge is 0.422 e. The van der Waals surface area contributed by atoms with Gasteiger partial charge in [0.05, 0.1) is 6.61 Å². The minimum absolute atomic E-state index is 0.468. The first kappa shape index (κ1) is 15.3. The SMILES string of the molecule is CCOc1ccccc1CNNC(=O)OC(C)(C)C.